The Morgan fingerprint density at radius 2 is 2.13 bits per heavy atom. The molecular formula is C17H16N2O3S. The monoisotopic (exact) mass is 328 g/mol. The molecule has 0 aliphatic carbocycles. The standard InChI is InChI=1S/C17H16N2O3S/c1-11(2)10-22-13-5-3-12(4-6-13)16-14(9-15(20)21)19-7-8-23-17(19)18-16/h3-8H,1,9-10H2,2H3,(H,20,21). The van der Waals surface area contributed by atoms with Gasteiger partial charge in [-0.05, 0) is 36.8 Å². The molecule has 23 heavy (non-hydrogen) atoms. The van der Waals surface area contributed by atoms with E-state index in [1.165, 1.54) is 11.3 Å². The first-order valence-electron chi connectivity index (χ1n) is 7.08. The van der Waals surface area contributed by atoms with Gasteiger partial charge in [0.2, 0.25) is 0 Å². The number of imidazole rings is 1. The quantitative estimate of drug-likeness (QED) is 0.702. The fraction of sp³-hybridized carbons (Fsp3) is 0.176. The summed E-state index contributed by atoms with van der Waals surface area (Å²) in [4.78, 5) is 16.5. The van der Waals surface area contributed by atoms with Crippen LogP contribution in [0.3, 0.4) is 0 Å². The van der Waals surface area contributed by atoms with E-state index in [0.29, 0.717) is 18.0 Å². The molecule has 1 N–H and O–H groups in total. The molecule has 2 heterocycles. The van der Waals surface area contributed by atoms with E-state index in [1.54, 1.807) is 0 Å². The second-order valence-corrected chi connectivity index (χ2v) is 6.18. The minimum Gasteiger partial charge on any atom is -0.489 e. The summed E-state index contributed by atoms with van der Waals surface area (Å²) in [5, 5.41) is 11.0. The number of carbonyl (C=O) groups is 1. The molecule has 0 saturated carbocycles. The lowest BCUT2D eigenvalue weighted by molar-refractivity contribution is -0.136. The topological polar surface area (TPSA) is 63.8 Å². The van der Waals surface area contributed by atoms with Crippen LogP contribution in [0.4, 0.5) is 0 Å². The van der Waals surface area contributed by atoms with Gasteiger partial charge in [0.25, 0.3) is 0 Å². The summed E-state index contributed by atoms with van der Waals surface area (Å²) in [6.07, 6.45) is 1.78. The number of aliphatic carboxylic acids is 1. The summed E-state index contributed by atoms with van der Waals surface area (Å²) in [5.41, 5.74) is 3.21. The first-order chi connectivity index (χ1) is 11.0. The number of carboxylic acid groups (broad SMARTS) is 1. The van der Waals surface area contributed by atoms with E-state index in [2.05, 4.69) is 11.6 Å². The van der Waals surface area contributed by atoms with Gasteiger partial charge in [-0.1, -0.05) is 6.58 Å². The molecule has 0 fully saturated rings. The van der Waals surface area contributed by atoms with Crippen molar-refractivity contribution in [2.45, 2.75) is 13.3 Å². The van der Waals surface area contributed by atoms with Gasteiger partial charge < -0.3 is 9.84 Å². The number of hydrogen-bond acceptors (Lipinski definition) is 4. The van der Waals surface area contributed by atoms with Crippen LogP contribution < -0.4 is 4.74 Å². The van der Waals surface area contributed by atoms with Gasteiger partial charge in [0, 0.05) is 17.1 Å². The molecule has 0 spiro atoms. The van der Waals surface area contributed by atoms with E-state index in [-0.39, 0.29) is 6.42 Å². The van der Waals surface area contributed by atoms with Crippen molar-refractivity contribution in [2.24, 2.45) is 0 Å². The van der Waals surface area contributed by atoms with E-state index in [0.717, 1.165) is 21.8 Å². The molecule has 5 nitrogen and oxygen atoms in total. The number of hydrogen-bond donors (Lipinski definition) is 1. The number of carboxylic acids is 1. The van der Waals surface area contributed by atoms with Gasteiger partial charge in [0.15, 0.2) is 4.96 Å². The lowest BCUT2D eigenvalue weighted by atomic mass is 10.1. The number of benzene rings is 1. The van der Waals surface area contributed by atoms with Crippen molar-refractivity contribution >= 4 is 22.3 Å². The highest BCUT2D eigenvalue weighted by Crippen LogP contribution is 2.28. The zero-order valence-electron chi connectivity index (χ0n) is 12.7. The van der Waals surface area contributed by atoms with Crippen molar-refractivity contribution in [3.63, 3.8) is 0 Å². The maximum Gasteiger partial charge on any atom is 0.309 e. The van der Waals surface area contributed by atoms with Gasteiger partial charge in [-0.15, -0.1) is 11.3 Å². The minimum atomic E-state index is -0.874. The van der Waals surface area contributed by atoms with Crippen LogP contribution in [0.5, 0.6) is 5.75 Å². The normalized spacial score (nSPS) is 10.8. The summed E-state index contributed by atoms with van der Waals surface area (Å²) < 4.78 is 7.41. The molecule has 3 rings (SSSR count). The molecule has 3 aromatic rings. The molecule has 0 saturated heterocycles. The van der Waals surface area contributed by atoms with Crippen LogP contribution in [0.15, 0.2) is 48.0 Å². The number of thiazole rings is 1. The third-order valence-corrected chi connectivity index (χ3v) is 4.05. The van der Waals surface area contributed by atoms with Crippen molar-refractivity contribution in [1.29, 1.82) is 0 Å². The molecule has 0 bridgehead atoms. The Bertz CT molecular complexity index is 862. The number of fused-ring (bicyclic) bond motifs is 1. The average Bonchev–Trinajstić information content (AvgIpc) is 3.08. The van der Waals surface area contributed by atoms with E-state index in [1.807, 2.05) is 47.2 Å². The minimum absolute atomic E-state index is 0.0683. The molecule has 0 unspecified atom stereocenters. The SMILES string of the molecule is C=C(C)COc1ccc(-c2nc3sccn3c2CC(=O)O)cc1. The lowest BCUT2D eigenvalue weighted by Crippen LogP contribution is -2.04. The van der Waals surface area contributed by atoms with Crippen molar-refractivity contribution in [1.82, 2.24) is 9.38 Å². The first-order valence-corrected chi connectivity index (χ1v) is 7.96. The Balaban J connectivity index is 1.94. The van der Waals surface area contributed by atoms with E-state index < -0.39 is 5.97 Å². The summed E-state index contributed by atoms with van der Waals surface area (Å²) >= 11 is 1.48. The Hall–Kier alpha value is -2.60. The van der Waals surface area contributed by atoms with Gasteiger partial charge in [0.05, 0.1) is 17.8 Å². The van der Waals surface area contributed by atoms with Crippen LogP contribution >= 0.6 is 11.3 Å². The molecule has 6 heteroatoms. The molecule has 0 aliphatic heterocycles. The zero-order chi connectivity index (χ0) is 16.4. The van der Waals surface area contributed by atoms with Crippen LogP contribution in [0.1, 0.15) is 12.6 Å². The van der Waals surface area contributed by atoms with Crippen LogP contribution in [-0.4, -0.2) is 27.1 Å². The summed E-state index contributed by atoms with van der Waals surface area (Å²) in [6.45, 7) is 6.18. The van der Waals surface area contributed by atoms with Crippen LogP contribution in [0, 0.1) is 0 Å². The number of nitrogens with zero attached hydrogens (tertiary/aromatic N) is 2. The van der Waals surface area contributed by atoms with Gasteiger partial charge in [0.1, 0.15) is 12.4 Å². The highest BCUT2D eigenvalue weighted by Gasteiger charge is 2.17. The Morgan fingerprint density at radius 3 is 2.78 bits per heavy atom. The molecule has 0 radical (unpaired) electrons. The highest BCUT2D eigenvalue weighted by atomic mass is 32.1. The zero-order valence-corrected chi connectivity index (χ0v) is 13.5. The molecule has 0 atom stereocenters. The molecule has 1 aromatic carbocycles. The van der Waals surface area contributed by atoms with Crippen molar-refractivity contribution < 1.29 is 14.6 Å². The Kier molecular flexibility index (Phi) is 4.16. The van der Waals surface area contributed by atoms with E-state index in [9.17, 15) is 4.79 Å². The summed E-state index contributed by atoms with van der Waals surface area (Å²) in [7, 11) is 0. The number of ether oxygens (including phenoxy) is 1. The molecular weight excluding hydrogens is 312 g/mol. The summed E-state index contributed by atoms with van der Waals surface area (Å²) in [6, 6.07) is 7.50. The van der Waals surface area contributed by atoms with Gasteiger partial charge in [-0.2, -0.15) is 0 Å². The number of rotatable bonds is 6. The average molecular weight is 328 g/mol. The van der Waals surface area contributed by atoms with Crippen LogP contribution in [-0.2, 0) is 11.2 Å². The van der Waals surface area contributed by atoms with Crippen molar-refractivity contribution in [2.75, 3.05) is 6.61 Å². The van der Waals surface area contributed by atoms with Crippen molar-refractivity contribution in [3.8, 4) is 17.0 Å². The van der Waals surface area contributed by atoms with Gasteiger partial charge in [-0.25, -0.2) is 4.98 Å². The van der Waals surface area contributed by atoms with Crippen molar-refractivity contribution in [3.05, 3.63) is 53.7 Å². The smallest absolute Gasteiger partial charge is 0.309 e. The second-order valence-electron chi connectivity index (χ2n) is 5.30. The van der Waals surface area contributed by atoms with E-state index >= 15 is 0 Å². The maximum absolute atomic E-state index is 11.2. The van der Waals surface area contributed by atoms with E-state index in [4.69, 9.17) is 9.84 Å². The molecule has 0 aliphatic rings. The molecule has 2 aromatic heterocycles. The second kappa shape index (κ2) is 6.26. The fourth-order valence-electron chi connectivity index (χ4n) is 2.29. The first kappa shape index (κ1) is 15.3. The van der Waals surface area contributed by atoms with Gasteiger partial charge in [-0.3, -0.25) is 9.20 Å². The number of aromatic nitrogens is 2. The highest BCUT2D eigenvalue weighted by molar-refractivity contribution is 7.15. The third kappa shape index (κ3) is 3.27. The van der Waals surface area contributed by atoms with Gasteiger partial charge >= 0.3 is 5.97 Å². The Labute approximate surface area is 137 Å². The van der Waals surface area contributed by atoms with Crippen LogP contribution in [0.2, 0.25) is 0 Å². The maximum atomic E-state index is 11.2. The van der Waals surface area contributed by atoms with Crippen LogP contribution in [0.25, 0.3) is 16.2 Å². The predicted molar refractivity (Wildman–Crippen MR) is 90.2 cm³/mol. The predicted octanol–water partition coefficient (Wildman–Crippen LogP) is 3.64. The lowest BCUT2D eigenvalue weighted by Gasteiger charge is -2.07. The Morgan fingerprint density at radius 1 is 1.39 bits per heavy atom. The molecule has 0 amide bonds. The largest absolute Gasteiger partial charge is 0.489 e. The molecule has 118 valence electrons. The summed E-state index contributed by atoms with van der Waals surface area (Å²) in [5.74, 6) is -0.127. The third-order valence-electron chi connectivity index (χ3n) is 3.29. The fourth-order valence-corrected chi connectivity index (χ4v) is 3.02.